The maximum absolute atomic E-state index is 11.5. The molecule has 0 fully saturated rings. The second kappa shape index (κ2) is 4.97. The Hall–Kier alpha value is -2.56. The summed E-state index contributed by atoms with van der Waals surface area (Å²) < 4.78 is 23.3. The van der Waals surface area contributed by atoms with Crippen molar-refractivity contribution < 1.29 is 23.1 Å². The van der Waals surface area contributed by atoms with E-state index in [9.17, 15) is 33.4 Å². The number of nitrogens with one attached hydrogen (secondary N) is 1. The summed E-state index contributed by atoms with van der Waals surface area (Å²) in [5.41, 5.74) is -1.87. The number of hydrogen-bond donors (Lipinski definition) is 1. The van der Waals surface area contributed by atoms with E-state index in [-0.39, 0.29) is 0 Å². The number of non-ortho nitro benzene ring substituents is 2. The highest BCUT2D eigenvalue weighted by molar-refractivity contribution is 7.89. The van der Waals surface area contributed by atoms with Gasteiger partial charge in [-0.25, -0.2) is 13.1 Å². The number of carbonyl (C=O) groups excluding carboxylic acids is 1. The smallest absolute Gasteiger partial charge is 0.268 e. The Morgan fingerprint density at radius 3 is 1.84 bits per heavy atom. The summed E-state index contributed by atoms with van der Waals surface area (Å²) in [5.74, 6) is -1.19. The third-order valence-corrected chi connectivity index (χ3v) is 2.42. The molecular weight excluding hydrogens is 282 g/mol. The molecule has 0 atom stereocenters. The van der Waals surface area contributed by atoms with Gasteiger partial charge in [0.15, 0.2) is 0 Å². The third-order valence-electron chi connectivity index (χ3n) is 1.86. The van der Waals surface area contributed by atoms with Crippen LogP contribution in [-0.2, 0) is 10.0 Å². The number of carbonyl (C=O) groups is 1. The maximum atomic E-state index is 11.5. The SMILES string of the molecule is CS(=O)(=O)NC(=O)c1cc([N+](=O)[O-])cc([N+](=O)[O-])c1. The second-order valence-corrected chi connectivity index (χ2v) is 5.20. The lowest BCUT2D eigenvalue weighted by atomic mass is 10.1. The zero-order chi connectivity index (χ0) is 14.8. The molecule has 1 rings (SSSR count). The van der Waals surface area contributed by atoms with E-state index in [0.29, 0.717) is 12.3 Å². The molecule has 0 saturated heterocycles. The van der Waals surface area contributed by atoms with Crippen molar-refractivity contribution in [2.75, 3.05) is 6.26 Å². The molecule has 0 aliphatic carbocycles. The molecular formula is C8H7N3O7S. The highest BCUT2D eigenvalue weighted by Crippen LogP contribution is 2.22. The van der Waals surface area contributed by atoms with E-state index in [0.717, 1.165) is 12.1 Å². The highest BCUT2D eigenvalue weighted by atomic mass is 32.2. The number of nitrogens with zero attached hydrogens (tertiary/aromatic N) is 2. The normalized spacial score (nSPS) is 10.8. The maximum Gasteiger partial charge on any atom is 0.277 e. The minimum Gasteiger partial charge on any atom is -0.268 e. The predicted molar refractivity (Wildman–Crippen MR) is 62.1 cm³/mol. The van der Waals surface area contributed by atoms with Crippen LogP contribution in [0.15, 0.2) is 18.2 Å². The number of nitro groups is 2. The predicted octanol–water partition coefficient (Wildman–Crippen LogP) is 0.192. The number of benzene rings is 1. The van der Waals surface area contributed by atoms with Crippen LogP contribution in [0.1, 0.15) is 10.4 Å². The fourth-order valence-electron chi connectivity index (χ4n) is 1.16. The van der Waals surface area contributed by atoms with Crippen LogP contribution >= 0.6 is 0 Å². The first-order chi connectivity index (χ1) is 8.60. The Balaban J connectivity index is 3.31. The first-order valence-corrected chi connectivity index (χ1v) is 6.45. The molecule has 0 aliphatic heterocycles. The fraction of sp³-hybridized carbons (Fsp3) is 0.125. The molecule has 0 saturated carbocycles. The monoisotopic (exact) mass is 289 g/mol. The summed E-state index contributed by atoms with van der Waals surface area (Å²) in [4.78, 5) is 30.8. The molecule has 0 radical (unpaired) electrons. The van der Waals surface area contributed by atoms with Crippen molar-refractivity contribution in [3.05, 3.63) is 44.0 Å². The average Bonchev–Trinajstić information content (AvgIpc) is 2.25. The van der Waals surface area contributed by atoms with Gasteiger partial charge in [-0.05, 0) is 0 Å². The molecule has 0 heterocycles. The van der Waals surface area contributed by atoms with E-state index in [4.69, 9.17) is 0 Å². The van der Waals surface area contributed by atoms with Crippen LogP contribution < -0.4 is 4.72 Å². The summed E-state index contributed by atoms with van der Waals surface area (Å²) in [7, 11) is -3.88. The van der Waals surface area contributed by atoms with E-state index in [1.54, 1.807) is 4.72 Å². The zero-order valence-corrected chi connectivity index (χ0v) is 10.2. The fourth-order valence-corrected chi connectivity index (χ4v) is 1.62. The molecule has 0 bridgehead atoms. The van der Waals surface area contributed by atoms with Crippen LogP contribution in [0.5, 0.6) is 0 Å². The molecule has 0 aliphatic rings. The van der Waals surface area contributed by atoms with Gasteiger partial charge >= 0.3 is 0 Å². The first kappa shape index (κ1) is 14.5. The summed E-state index contributed by atoms with van der Waals surface area (Å²) in [6, 6.07) is 2.15. The molecule has 0 unspecified atom stereocenters. The second-order valence-electron chi connectivity index (χ2n) is 3.46. The quantitative estimate of drug-likeness (QED) is 0.613. The van der Waals surface area contributed by atoms with Crippen LogP contribution in [0.3, 0.4) is 0 Å². The van der Waals surface area contributed by atoms with Crippen molar-refractivity contribution in [1.82, 2.24) is 4.72 Å². The number of nitro benzene ring substituents is 2. The largest absolute Gasteiger partial charge is 0.277 e. The zero-order valence-electron chi connectivity index (χ0n) is 9.39. The Bertz CT molecular complexity index is 635. The molecule has 102 valence electrons. The van der Waals surface area contributed by atoms with Gasteiger partial charge in [-0.1, -0.05) is 0 Å². The molecule has 19 heavy (non-hydrogen) atoms. The average molecular weight is 289 g/mol. The molecule has 0 aromatic heterocycles. The minimum atomic E-state index is -3.88. The van der Waals surface area contributed by atoms with Crippen LogP contribution in [0.25, 0.3) is 0 Å². The third kappa shape index (κ3) is 3.99. The van der Waals surface area contributed by atoms with E-state index >= 15 is 0 Å². The molecule has 1 aromatic rings. The number of amides is 1. The number of hydrogen-bond acceptors (Lipinski definition) is 7. The standard InChI is InChI=1S/C8H7N3O7S/c1-19(17,18)9-8(12)5-2-6(10(13)14)4-7(3-5)11(15)16/h2-4H,1H3,(H,9,12). The van der Waals surface area contributed by atoms with Gasteiger partial charge in [0.05, 0.1) is 27.7 Å². The lowest BCUT2D eigenvalue weighted by Gasteiger charge is -2.02. The van der Waals surface area contributed by atoms with Crippen molar-refractivity contribution >= 4 is 27.3 Å². The van der Waals surface area contributed by atoms with Gasteiger partial charge in [0.1, 0.15) is 0 Å². The molecule has 1 amide bonds. The van der Waals surface area contributed by atoms with Crippen molar-refractivity contribution in [3.63, 3.8) is 0 Å². The van der Waals surface area contributed by atoms with Gasteiger partial charge in [-0.3, -0.25) is 25.0 Å². The van der Waals surface area contributed by atoms with Gasteiger partial charge in [0.2, 0.25) is 10.0 Å². The summed E-state index contributed by atoms with van der Waals surface area (Å²) >= 11 is 0. The van der Waals surface area contributed by atoms with Crippen LogP contribution in [0.4, 0.5) is 11.4 Å². The lowest BCUT2D eigenvalue weighted by molar-refractivity contribution is -0.394. The van der Waals surface area contributed by atoms with E-state index in [1.807, 2.05) is 0 Å². The van der Waals surface area contributed by atoms with Gasteiger partial charge in [0.25, 0.3) is 17.3 Å². The van der Waals surface area contributed by atoms with Crippen LogP contribution in [0, 0.1) is 20.2 Å². The highest BCUT2D eigenvalue weighted by Gasteiger charge is 2.21. The minimum absolute atomic E-state index is 0.494. The van der Waals surface area contributed by atoms with Crippen LogP contribution in [-0.4, -0.2) is 30.4 Å². The van der Waals surface area contributed by atoms with Crippen molar-refractivity contribution in [3.8, 4) is 0 Å². The Morgan fingerprint density at radius 2 is 1.53 bits per heavy atom. The van der Waals surface area contributed by atoms with E-state index < -0.39 is 42.7 Å². The Morgan fingerprint density at radius 1 is 1.11 bits per heavy atom. The molecule has 11 heteroatoms. The molecule has 1 aromatic carbocycles. The van der Waals surface area contributed by atoms with Crippen LogP contribution in [0.2, 0.25) is 0 Å². The van der Waals surface area contributed by atoms with Crippen molar-refractivity contribution in [2.24, 2.45) is 0 Å². The lowest BCUT2D eigenvalue weighted by Crippen LogP contribution is -2.29. The van der Waals surface area contributed by atoms with Crippen molar-refractivity contribution in [2.45, 2.75) is 0 Å². The van der Waals surface area contributed by atoms with Gasteiger partial charge in [0, 0.05) is 12.1 Å². The Labute approximate surface area is 106 Å². The first-order valence-electron chi connectivity index (χ1n) is 4.56. The molecule has 1 N–H and O–H groups in total. The summed E-state index contributed by atoms with van der Waals surface area (Å²) in [6.45, 7) is 0. The number of rotatable bonds is 4. The van der Waals surface area contributed by atoms with Gasteiger partial charge in [-0.15, -0.1) is 0 Å². The van der Waals surface area contributed by atoms with E-state index in [1.165, 1.54) is 0 Å². The van der Waals surface area contributed by atoms with Gasteiger partial charge in [-0.2, -0.15) is 0 Å². The topological polar surface area (TPSA) is 150 Å². The molecule has 10 nitrogen and oxygen atoms in total. The summed E-state index contributed by atoms with van der Waals surface area (Å²) in [5, 5.41) is 21.1. The van der Waals surface area contributed by atoms with Crippen molar-refractivity contribution in [1.29, 1.82) is 0 Å². The molecule has 0 spiro atoms. The van der Waals surface area contributed by atoms with Gasteiger partial charge < -0.3 is 0 Å². The Kier molecular flexibility index (Phi) is 3.80. The van der Waals surface area contributed by atoms with E-state index in [2.05, 4.69) is 0 Å². The number of sulfonamides is 1. The summed E-state index contributed by atoms with van der Waals surface area (Å²) in [6.07, 6.45) is 0.705.